The highest BCUT2D eigenvalue weighted by Crippen LogP contribution is 2.44. The van der Waals surface area contributed by atoms with Crippen molar-refractivity contribution >= 4 is 31.6 Å². The van der Waals surface area contributed by atoms with E-state index in [-0.39, 0.29) is 11.6 Å². The van der Waals surface area contributed by atoms with Crippen molar-refractivity contribution in [2.24, 2.45) is 5.92 Å². The van der Waals surface area contributed by atoms with E-state index in [1.165, 1.54) is 27.0 Å². The molecule has 8 heteroatoms. The number of thiophene rings is 1. The molecule has 1 aliphatic carbocycles. The van der Waals surface area contributed by atoms with Crippen molar-refractivity contribution in [1.82, 2.24) is 14.9 Å². The summed E-state index contributed by atoms with van der Waals surface area (Å²) >= 11 is 1.28. The van der Waals surface area contributed by atoms with Gasteiger partial charge in [0.15, 0.2) is 0 Å². The highest BCUT2D eigenvalue weighted by atomic mass is 32.1. The summed E-state index contributed by atoms with van der Waals surface area (Å²) in [4.78, 5) is 29.1. The molecule has 2 N–H and O–H groups in total. The Bertz CT molecular complexity index is 1590. The van der Waals surface area contributed by atoms with Crippen LogP contribution < -0.4 is 21.3 Å². The van der Waals surface area contributed by atoms with E-state index in [1.54, 1.807) is 19.2 Å². The van der Waals surface area contributed by atoms with Crippen molar-refractivity contribution in [3.8, 4) is 11.8 Å². The Hall–Kier alpha value is -3.41. The molecule has 7 nitrogen and oxygen atoms in total. The molecule has 0 amide bonds. The number of nitrogens with one attached hydrogen (secondary N) is 2. The number of aromatic nitrogens is 2. The second-order valence-electron chi connectivity index (χ2n) is 9.13. The third-order valence-corrected chi connectivity index (χ3v) is 8.79. The number of benzene rings is 2. The summed E-state index contributed by atoms with van der Waals surface area (Å²) in [6.45, 7) is 1.25. The maximum atomic E-state index is 13.3. The van der Waals surface area contributed by atoms with Gasteiger partial charge in [0.25, 0.3) is 5.56 Å². The largest absolute Gasteiger partial charge is 0.496 e. The average molecular weight is 473 g/mol. The Morgan fingerprint density at radius 3 is 2.88 bits per heavy atom. The Kier molecular flexibility index (Phi) is 5.05. The quantitative estimate of drug-likeness (QED) is 0.474. The molecule has 2 aliphatic rings. The van der Waals surface area contributed by atoms with Gasteiger partial charge in [0.05, 0.1) is 22.9 Å². The van der Waals surface area contributed by atoms with Gasteiger partial charge in [-0.1, -0.05) is 24.3 Å². The van der Waals surface area contributed by atoms with Gasteiger partial charge < -0.3 is 15.0 Å². The smallest absolute Gasteiger partial charge is 0.328 e. The number of H-pyrrole nitrogens is 1. The molecule has 3 atom stereocenters. The molecule has 1 aliphatic heterocycles. The van der Waals surface area contributed by atoms with E-state index in [0.29, 0.717) is 40.6 Å². The van der Waals surface area contributed by atoms with Gasteiger partial charge in [-0.25, -0.2) is 4.79 Å². The van der Waals surface area contributed by atoms with Gasteiger partial charge >= 0.3 is 5.69 Å². The Labute approximate surface area is 199 Å². The minimum atomic E-state index is -0.396. The summed E-state index contributed by atoms with van der Waals surface area (Å²) in [6.07, 6.45) is 2.75. The van der Waals surface area contributed by atoms with Gasteiger partial charge in [-0.2, -0.15) is 5.26 Å². The minimum Gasteiger partial charge on any atom is -0.496 e. The van der Waals surface area contributed by atoms with E-state index in [9.17, 15) is 14.9 Å². The van der Waals surface area contributed by atoms with Gasteiger partial charge in [-0.15, -0.1) is 11.3 Å². The van der Waals surface area contributed by atoms with Crippen molar-refractivity contribution in [3.05, 3.63) is 73.9 Å². The lowest BCUT2D eigenvalue weighted by molar-refractivity contribution is 0.337. The summed E-state index contributed by atoms with van der Waals surface area (Å²) in [7, 11) is 1.72. The molecule has 0 saturated carbocycles. The molecule has 1 saturated heterocycles. The topological polar surface area (TPSA) is 99.9 Å². The monoisotopic (exact) mass is 472 g/mol. The van der Waals surface area contributed by atoms with E-state index < -0.39 is 5.69 Å². The third-order valence-electron chi connectivity index (χ3n) is 7.57. The van der Waals surface area contributed by atoms with E-state index >= 15 is 0 Å². The van der Waals surface area contributed by atoms with Crippen LogP contribution in [0.2, 0.25) is 0 Å². The fraction of sp³-hybridized carbons (Fsp3) is 0.346. The molecule has 1 fully saturated rings. The number of ether oxygens (including phenoxy) is 1. The number of nitriles is 1. The van der Waals surface area contributed by atoms with Crippen LogP contribution in [-0.2, 0) is 13.0 Å². The summed E-state index contributed by atoms with van der Waals surface area (Å²) < 4.78 is 8.13. The van der Waals surface area contributed by atoms with Crippen LogP contribution in [0.3, 0.4) is 0 Å². The minimum absolute atomic E-state index is 0.249. The number of rotatable bonds is 4. The number of hydrogen-bond acceptors (Lipinski definition) is 6. The molecule has 0 spiro atoms. The van der Waals surface area contributed by atoms with Crippen molar-refractivity contribution in [2.75, 3.05) is 13.7 Å². The number of fused-ring (bicyclic) bond motifs is 6. The maximum Gasteiger partial charge on any atom is 0.328 e. The van der Waals surface area contributed by atoms with Crippen LogP contribution in [-0.4, -0.2) is 29.2 Å². The highest BCUT2D eigenvalue weighted by molar-refractivity contribution is 7.25. The lowest BCUT2D eigenvalue weighted by Crippen LogP contribution is -2.38. The van der Waals surface area contributed by atoms with Crippen LogP contribution >= 0.6 is 11.3 Å². The number of methoxy groups -OCH3 is 1. The predicted molar refractivity (Wildman–Crippen MR) is 133 cm³/mol. The van der Waals surface area contributed by atoms with Crippen LogP contribution in [0.5, 0.6) is 5.75 Å². The summed E-state index contributed by atoms with van der Waals surface area (Å²) in [5.41, 5.74) is 3.04. The molecule has 6 rings (SSSR count). The first-order valence-corrected chi connectivity index (χ1v) is 12.4. The van der Waals surface area contributed by atoms with E-state index in [4.69, 9.17) is 4.74 Å². The SMILES string of the molecule is COc1cccc2c1CC[C@H]1C(CCn3c(=O)[nH]c4c(sc5c(C#N)cccc54)c3=O)NC[C@@H]21. The molecule has 0 radical (unpaired) electrons. The second-order valence-corrected chi connectivity index (χ2v) is 10.1. The van der Waals surface area contributed by atoms with Gasteiger partial charge in [0, 0.05) is 30.4 Å². The fourth-order valence-electron chi connectivity index (χ4n) is 5.96. The van der Waals surface area contributed by atoms with E-state index in [0.717, 1.165) is 35.2 Å². The number of hydrogen-bond donors (Lipinski definition) is 2. The number of aromatic amines is 1. The van der Waals surface area contributed by atoms with Gasteiger partial charge in [-0.3, -0.25) is 9.36 Å². The molecule has 2 aromatic heterocycles. The van der Waals surface area contributed by atoms with Crippen LogP contribution in [0.1, 0.15) is 35.4 Å². The first kappa shape index (κ1) is 21.1. The third kappa shape index (κ3) is 3.11. The molecule has 34 heavy (non-hydrogen) atoms. The first-order chi connectivity index (χ1) is 16.6. The Morgan fingerprint density at radius 2 is 2.06 bits per heavy atom. The summed E-state index contributed by atoms with van der Waals surface area (Å²) in [5.74, 6) is 1.86. The standard InChI is InChI=1S/C26H24N4O3S/c1-33-21-7-3-5-15-17(21)9-8-16-19(15)13-28-20(16)10-11-30-25(31)24-22(29-26(30)32)18-6-2-4-14(12-27)23(18)34-24/h2-7,16,19-20,28H,8-11,13H2,1H3,(H,29,32)/t16-,19+,20?/m1/s1. The van der Waals surface area contributed by atoms with Gasteiger partial charge in [-0.05, 0) is 48.4 Å². The van der Waals surface area contributed by atoms with Crippen LogP contribution in [0.15, 0.2) is 46.0 Å². The number of nitrogens with zero attached hydrogens (tertiary/aromatic N) is 2. The Balaban J connectivity index is 1.29. The highest BCUT2D eigenvalue weighted by Gasteiger charge is 2.40. The van der Waals surface area contributed by atoms with Crippen molar-refractivity contribution < 1.29 is 4.74 Å². The molecule has 4 aromatic rings. The molecule has 1 unspecified atom stereocenters. The van der Waals surface area contributed by atoms with Gasteiger partial charge in [0.2, 0.25) is 0 Å². The Morgan fingerprint density at radius 1 is 1.21 bits per heavy atom. The molecule has 2 aromatic carbocycles. The van der Waals surface area contributed by atoms with Crippen molar-refractivity contribution in [3.63, 3.8) is 0 Å². The lowest BCUT2D eigenvalue weighted by atomic mass is 9.74. The zero-order chi connectivity index (χ0) is 23.4. The molecular weight excluding hydrogens is 448 g/mol. The zero-order valence-corrected chi connectivity index (χ0v) is 19.6. The summed E-state index contributed by atoms with van der Waals surface area (Å²) in [6, 6.07) is 14.1. The maximum absolute atomic E-state index is 13.3. The molecule has 3 heterocycles. The normalized spacial score (nSPS) is 21.4. The molecule has 172 valence electrons. The fourth-order valence-corrected chi connectivity index (χ4v) is 7.13. The predicted octanol–water partition coefficient (Wildman–Crippen LogP) is 3.49. The van der Waals surface area contributed by atoms with Crippen molar-refractivity contribution in [1.29, 1.82) is 5.26 Å². The second kappa shape index (κ2) is 8.12. The first-order valence-electron chi connectivity index (χ1n) is 11.6. The molecule has 0 bridgehead atoms. The average Bonchev–Trinajstić information content (AvgIpc) is 3.45. The zero-order valence-electron chi connectivity index (χ0n) is 18.8. The van der Waals surface area contributed by atoms with Gasteiger partial charge in [0.1, 0.15) is 16.5 Å². The lowest BCUT2D eigenvalue weighted by Gasteiger charge is -2.31. The van der Waals surface area contributed by atoms with Crippen LogP contribution in [0.25, 0.3) is 20.3 Å². The van der Waals surface area contributed by atoms with E-state index in [1.807, 2.05) is 12.1 Å². The van der Waals surface area contributed by atoms with Crippen LogP contribution in [0.4, 0.5) is 0 Å². The van der Waals surface area contributed by atoms with E-state index in [2.05, 4.69) is 28.5 Å². The van der Waals surface area contributed by atoms with Crippen LogP contribution in [0, 0.1) is 17.2 Å². The van der Waals surface area contributed by atoms with Crippen molar-refractivity contribution in [2.45, 2.75) is 37.8 Å². The summed E-state index contributed by atoms with van der Waals surface area (Å²) in [5, 5.41) is 13.8. The molecular formula is C26H24N4O3S.